The summed E-state index contributed by atoms with van der Waals surface area (Å²) in [5, 5.41) is 9.75. The molecule has 144 valence electrons. The molecule has 4 aliphatic carbocycles. The number of allylic oxidation sites excluding steroid dienone is 1. The van der Waals surface area contributed by atoms with Crippen molar-refractivity contribution < 1.29 is 19.4 Å². The average molecular weight is 360 g/mol. The first-order valence-corrected chi connectivity index (χ1v) is 10.2. The Hall–Kier alpha value is -1.32. The number of esters is 1. The summed E-state index contributed by atoms with van der Waals surface area (Å²) < 4.78 is 5.92. The molecule has 0 aromatic rings. The molecule has 0 aliphatic heterocycles. The van der Waals surface area contributed by atoms with Crippen LogP contribution >= 0.6 is 0 Å². The zero-order valence-electron chi connectivity index (χ0n) is 16.5. The predicted molar refractivity (Wildman–Crippen MR) is 98.3 cm³/mol. The molecule has 0 radical (unpaired) electrons. The number of hydrogen-bond donors (Lipinski definition) is 1. The Morgan fingerprint density at radius 3 is 2.42 bits per heavy atom. The fourth-order valence-electron chi connectivity index (χ4n) is 7.70. The summed E-state index contributed by atoms with van der Waals surface area (Å²) in [6, 6.07) is 0. The van der Waals surface area contributed by atoms with Crippen molar-refractivity contribution in [3.63, 3.8) is 0 Å². The molecule has 3 saturated carbocycles. The Labute approximate surface area is 156 Å². The van der Waals surface area contributed by atoms with Gasteiger partial charge in [-0.25, -0.2) is 0 Å². The number of ether oxygens (including phenoxy) is 1. The van der Waals surface area contributed by atoms with Crippen molar-refractivity contribution in [1.29, 1.82) is 0 Å². The fraction of sp³-hybridized carbons (Fsp3) is 0.818. The summed E-state index contributed by atoms with van der Waals surface area (Å²) in [5.41, 5.74) is 0.163. The molecule has 0 aromatic heterocycles. The van der Waals surface area contributed by atoms with E-state index in [2.05, 4.69) is 32.9 Å². The van der Waals surface area contributed by atoms with Crippen LogP contribution in [0.2, 0.25) is 0 Å². The van der Waals surface area contributed by atoms with Gasteiger partial charge in [-0.15, -0.1) is 0 Å². The molecule has 7 atom stereocenters. The van der Waals surface area contributed by atoms with E-state index in [-0.39, 0.29) is 40.2 Å². The van der Waals surface area contributed by atoms with Crippen LogP contribution in [0.3, 0.4) is 0 Å². The predicted octanol–water partition coefficient (Wildman–Crippen LogP) is 4.44. The van der Waals surface area contributed by atoms with Gasteiger partial charge in [-0.05, 0) is 54.8 Å². The SMILES string of the molecule is CC(=O)O[C@@H]1C[C@H]2C(C)(C)CCC[C@]2(C)[C@H]2CC[C@@H](C(=O)O)[C@H]3C=C[C@]321. The van der Waals surface area contributed by atoms with E-state index in [4.69, 9.17) is 4.74 Å². The number of carbonyl (C=O) groups excluding carboxylic acids is 1. The lowest BCUT2D eigenvalue weighted by Gasteiger charge is -2.70. The van der Waals surface area contributed by atoms with Crippen molar-refractivity contribution in [2.75, 3.05) is 0 Å². The molecule has 0 amide bonds. The van der Waals surface area contributed by atoms with Gasteiger partial charge in [0.05, 0.1) is 5.92 Å². The maximum Gasteiger partial charge on any atom is 0.307 e. The van der Waals surface area contributed by atoms with Gasteiger partial charge >= 0.3 is 11.9 Å². The van der Waals surface area contributed by atoms with Crippen LogP contribution in [0.4, 0.5) is 0 Å². The molecule has 4 aliphatic rings. The molecule has 1 spiro atoms. The van der Waals surface area contributed by atoms with Gasteiger partial charge in [0.25, 0.3) is 0 Å². The Morgan fingerprint density at radius 1 is 1.12 bits per heavy atom. The first-order chi connectivity index (χ1) is 12.1. The van der Waals surface area contributed by atoms with Crippen molar-refractivity contribution in [1.82, 2.24) is 0 Å². The molecular formula is C22H32O4. The van der Waals surface area contributed by atoms with Crippen LogP contribution in [0.5, 0.6) is 0 Å². The van der Waals surface area contributed by atoms with E-state index in [1.807, 2.05) is 0 Å². The summed E-state index contributed by atoms with van der Waals surface area (Å²) in [5.74, 6) is -0.355. The van der Waals surface area contributed by atoms with E-state index < -0.39 is 5.97 Å². The first-order valence-electron chi connectivity index (χ1n) is 10.2. The van der Waals surface area contributed by atoms with Gasteiger partial charge < -0.3 is 9.84 Å². The highest BCUT2D eigenvalue weighted by molar-refractivity contribution is 5.72. The van der Waals surface area contributed by atoms with Crippen molar-refractivity contribution >= 4 is 11.9 Å². The van der Waals surface area contributed by atoms with Crippen molar-refractivity contribution in [2.45, 2.75) is 72.3 Å². The van der Waals surface area contributed by atoms with Crippen molar-refractivity contribution in [2.24, 2.45) is 39.9 Å². The van der Waals surface area contributed by atoms with E-state index in [0.29, 0.717) is 11.8 Å². The summed E-state index contributed by atoms with van der Waals surface area (Å²) >= 11 is 0. The van der Waals surface area contributed by atoms with Gasteiger partial charge in [0, 0.05) is 18.3 Å². The van der Waals surface area contributed by atoms with Crippen molar-refractivity contribution in [3.8, 4) is 0 Å². The molecule has 4 nitrogen and oxygen atoms in total. The third-order valence-electron chi connectivity index (χ3n) is 8.68. The van der Waals surface area contributed by atoms with Gasteiger partial charge in [0.1, 0.15) is 6.10 Å². The minimum atomic E-state index is -0.699. The second kappa shape index (κ2) is 5.59. The van der Waals surface area contributed by atoms with Crippen LogP contribution in [0.25, 0.3) is 0 Å². The van der Waals surface area contributed by atoms with Crippen LogP contribution in [0.15, 0.2) is 12.2 Å². The number of rotatable bonds is 2. The van der Waals surface area contributed by atoms with E-state index >= 15 is 0 Å². The van der Waals surface area contributed by atoms with E-state index in [9.17, 15) is 14.7 Å². The maximum atomic E-state index is 11.9. The second-order valence-corrected chi connectivity index (χ2v) is 10.2. The molecule has 0 unspecified atom stereocenters. The minimum Gasteiger partial charge on any atom is -0.481 e. The molecule has 3 fully saturated rings. The molecule has 4 rings (SSSR count). The van der Waals surface area contributed by atoms with E-state index in [1.165, 1.54) is 26.2 Å². The van der Waals surface area contributed by atoms with Gasteiger partial charge in [0.15, 0.2) is 0 Å². The number of carboxylic acids is 1. The zero-order valence-corrected chi connectivity index (χ0v) is 16.5. The Morgan fingerprint density at radius 2 is 1.85 bits per heavy atom. The van der Waals surface area contributed by atoms with Crippen molar-refractivity contribution in [3.05, 3.63) is 12.2 Å². The zero-order chi connectivity index (χ0) is 18.9. The monoisotopic (exact) mass is 360 g/mol. The topological polar surface area (TPSA) is 63.6 Å². The number of carboxylic acid groups (broad SMARTS) is 1. The first kappa shape index (κ1) is 18.1. The average Bonchev–Trinajstić information content (AvgIpc) is 2.49. The van der Waals surface area contributed by atoms with Gasteiger partial charge in [-0.1, -0.05) is 39.3 Å². The molecule has 1 N–H and O–H groups in total. The van der Waals surface area contributed by atoms with E-state index in [1.54, 1.807) is 0 Å². The molecule has 4 heteroatoms. The normalized spacial score (nSPS) is 48.4. The summed E-state index contributed by atoms with van der Waals surface area (Å²) in [6.45, 7) is 8.67. The van der Waals surface area contributed by atoms with Crippen LogP contribution in [0.1, 0.15) is 66.2 Å². The molecule has 0 saturated heterocycles. The van der Waals surface area contributed by atoms with Crippen LogP contribution < -0.4 is 0 Å². The summed E-state index contributed by atoms with van der Waals surface area (Å²) in [7, 11) is 0. The van der Waals surface area contributed by atoms with Crippen LogP contribution in [-0.2, 0) is 14.3 Å². The lowest BCUT2D eigenvalue weighted by molar-refractivity contribution is -0.226. The molecular weight excluding hydrogens is 328 g/mol. The molecule has 0 bridgehead atoms. The van der Waals surface area contributed by atoms with Crippen LogP contribution in [0, 0.1) is 39.9 Å². The van der Waals surface area contributed by atoms with Crippen LogP contribution in [-0.4, -0.2) is 23.1 Å². The molecule has 26 heavy (non-hydrogen) atoms. The Kier molecular flexibility index (Phi) is 3.88. The molecule has 0 aromatic carbocycles. The lowest BCUT2D eigenvalue weighted by atomic mass is 9.35. The number of carbonyl (C=O) groups is 2. The van der Waals surface area contributed by atoms with E-state index in [0.717, 1.165) is 19.3 Å². The largest absolute Gasteiger partial charge is 0.481 e. The fourth-order valence-corrected chi connectivity index (χ4v) is 7.70. The third kappa shape index (κ3) is 2.20. The molecule has 0 heterocycles. The van der Waals surface area contributed by atoms with Gasteiger partial charge in [-0.3, -0.25) is 9.59 Å². The Balaban J connectivity index is 1.80. The smallest absolute Gasteiger partial charge is 0.307 e. The summed E-state index contributed by atoms with van der Waals surface area (Å²) in [6.07, 6.45) is 10.3. The summed E-state index contributed by atoms with van der Waals surface area (Å²) in [4.78, 5) is 23.8. The quantitative estimate of drug-likeness (QED) is 0.584. The third-order valence-corrected chi connectivity index (χ3v) is 8.68. The minimum absolute atomic E-state index is 0.00548. The maximum absolute atomic E-state index is 11.9. The lowest BCUT2D eigenvalue weighted by Crippen LogP contribution is -2.67. The second-order valence-electron chi connectivity index (χ2n) is 10.2. The number of hydrogen-bond acceptors (Lipinski definition) is 3. The highest BCUT2D eigenvalue weighted by atomic mass is 16.5. The van der Waals surface area contributed by atoms with Gasteiger partial charge in [-0.2, -0.15) is 0 Å². The standard InChI is InChI=1S/C22H32O4/c1-13(23)26-18-12-17-20(2,3)9-5-10-21(17,4)16-7-6-14(19(24)25)15-8-11-22(15,16)18/h8,11,14-18H,5-7,9-10,12H2,1-4H3,(H,24,25)/t14-,15-,16-,17+,18-,21-,22+/m1/s1. The van der Waals surface area contributed by atoms with Gasteiger partial charge in [0.2, 0.25) is 0 Å². The Bertz CT molecular complexity index is 665. The number of fused-ring (bicyclic) bond motifs is 2. The highest BCUT2D eigenvalue weighted by Crippen LogP contribution is 2.72. The highest BCUT2D eigenvalue weighted by Gasteiger charge is 2.69. The number of aliphatic carboxylic acids is 1.